The van der Waals surface area contributed by atoms with Crippen LogP contribution in [0.2, 0.25) is 0 Å². The highest BCUT2D eigenvalue weighted by atomic mass is 32.2. The lowest BCUT2D eigenvalue weighted by molar-refractivity contribution is 0.192. The number of rotatable bonds is 8. The minimum Gasteiger partial charge on any atom is -0.385 e. The van der Waals surface area contributed by atoms with Crippen molar-refractivity contribution in [1.29, 1.82) is 0 Å². The molecule has 0 aromatic carbocycles. The summed E-state index contributed by atoms with van der Waals surface area (Å²) >= 11 is 0.712. The summed E-state index contributed by atoms with van der Waals surface area (Å²) in [6.07, 6.45) is 2.56. The Kier molecular flexibility index (Phi) is 6.00. The van der Waals surface area contributed by atoms with Gasteiger partial charge in [0.25, 0.3) is 10.0 Å². The van der Waals surface area contributed by atoms with Crippen LogP contribution in [0.25, 0.3) is 0 Å². The van der Waals surface area contributed by atoms with E-state index in [9.17, 15) is 13.2 Å². The molecule has 0 aliphatic carbocycles. The summed E-state index contributed by atoms with van der Waals surface area (Å²) in [5, 5.41) is 0. The molecule has 0 aliphatic heterocycles. The molecule has 0 aliphatic rings. The van der Waals surface area contributed by atoms with Crippen LogP contribution < -0.4 is 9.60 Å². The summed E-state index contributed by atoms with van der Waals surface area (Å²) in [7, 11) is -1.92. The van der Waals surface area contributed by atoms with E-state index in [4.69, 9.17) is 4.74 Å². The number of nitrogens with one attached hydrogen (secondary N) is 2. The highest BCUT2D eigenvalue weighted by molar-refractivity contribution is 7.91. The fourth-order valence-corrected chi connectivity index (χ4v) is 3.88. The number of ether oxygens (including phenoxy) is 1. The first-order valence-corrected chi connectivity index (χ1v) is 7.95. The van der Waals surface area contributed by atoms with Crippen LogP contribution in [-0.2, 0) is 14.8 Å². The Labute approximate surface area is 110 Å². The lowest BCUT2D eigenvalue weighted by Crippen LogP contribution is -2.24. The maximum absolute atomic E-state index is 11.9. The molecule has 1 heterocycles. The van der Waals surface area contributed by atoms with Crippen molar-refractivity contribution in [3.8, 4) is 0 Å². The molecule has 1 aromatic rings. The SMILES string of the molecule is COCCCCCNS(=O)(=O)c1sc(=O)[nH]c1C. The number of aryl methyl sites for hydroxylation is 1. The van der Waals surface area contributed by atoms with E-state index in [0.29, 0.717) is 30.2 Å². The highest BCUT2D eigenvalue weighted by Gasteiger charge is 2.19. The van der Waals surface area contributed by atoms with E-state index in [1.54, 1.807) is 14.0 Å². The number of aromatic amines is 1. The zero-order valence-corrected chi connectivity index (χ0v) is 12.1. The summed E-state index contributed by atoms with van der Waals surface area (Å²) in [6.45, 7) is 2.63. The van der Waals surface area contributed by atoms with Crippen molar-refractivity contribution in [2.75, 3.05) is 20.3 Å². The zero-order valence-electron chi connectivity index (χ0n) is 10.5. The Morgan fingerprint density at radius 1 is 1.33 bits per heavy atom. The second kappa shape index (κ2) is 7.03. The van der Waals surface area contributed by atoms with Crippen molar-refractivity contribution < 1.29 is 13.2 Å². The number of H-pyrrole nitrogens is 1. The van der Waals surface area contributed by atoms with Crippen LogP contribution in [0.3, 0.4) is 0 Å². The first-order valence-electron chi connectivity index (χ1n) is 5.65. The Bertz CT molecular complexity index is 518. The van der Waals surface area contributed by atoms with E-state index < -0.39 is 10.0 Å². The minimum absolute atomic E-state index is 0.0735. The van der Waals surface area contributed by atoms with Gasteiger partial charge in [0.1, 0.15) is 0 Å². The van der Waals surface area contributed by atoms with Crippen LogP contribution in [0, 0.1) is 6.92 Å². The van der Waals surface area contributed by atoms with Gasteiger partial charge in [0.05, 0.1) is 0 Å². The van der Waals surface area contributed by atoms with Crippen LogP contribution in [-0.4, -0.2) is 33.7 Å². The molecule has 6 nitrogen and oxygen atoms in total. The summed E-state index contributed by atoms with van der Waals surface area (Å²) in [4.78, 5) is 13.2. The molecule has 0 atom stereocenters. The van der Waals surface area contributed by atoms with Crippen molar-refractivity contribution in [2.45, 2.75) is 30.4 Å². The molecule has 0 bridgehead atoms. The zero-order chi connectivity index (χ0) is 13.6. The summed E-state index contributed by atoms with van der Waals surface area (Å²) in [5.41, 5.74) is 0.386. The Morgan fingerprint density at radius 2 is 2.06 bits per heavy atom. The quantitative estimate of drug-likeness (QED) is 0.695. The summed E-state index contributed by atoms with van der Waals surface area (Å²) in [5.74, 6) is 0. The molecule has 18 heavy (non-hydrogen) atoms. The van der Waals surface area contributed by atoms with Gasteiger partial charge in [-0.05, 0) is 26.2 Å². The van der Waals surface area contributed by atoms with Crippen molar-refractivity contribution in [1.82, 2.24) is 9.71 Å². The number of hydrogen-bond acceptors (Lipinski definition) is 5. The van der Waals surface area contributed by atoms with Crippen LogP contribution >= 0.6 is 11.3 Å². The molecule has 1 rings (SSSR count). The molecule has 1 aromatic heterocycles. The first-order chi connectivity index (χ1) is 8.47. The molecule has 104 valence electrons. The van der Waals surface area contributed by atoms with E-state index in [1.165, 1.54) is 0 Å². The lowest BCUT2D eigenvalue weighted by atomic mass is 10.2. The minimum atomic E-state index is -3.56. The lowest BCUT2D eigenvalue weighted by Gasteiger charge is -2.05. The summed E-state index contributed by atoms with van der Waals surface area (Å²) in [6, 6.07) is 0. The topological polar surface area (TPSA) is 88.3 Å². The average molecular weight is 294 g/mol. The monoisotopic (exact) mass is 294 g/mol. The van der Waals surface area contributed by atoms with Crippen LogP contribution in [0.1, 0.15) is 25.0 Å². The fourth-order valence-electron chi connectivity index (χ4n) is 1.47. The van der Waals surface area contributed by atoms with Gasteiger partial charge in [0, 0.05) is 26.0 Å². The van der Waals surface area contributed by atoms with Crippen LogP contribution in [0.4, 0.5) is 0 Å². The van der Waals surface area contributed by atoms with Gasteiger partial charge in [-0.1, -0.05) is 11.3 Å². The number of unbranched alkanes of at least 4 members (excludes halogenated alkanes) is 2. The van der Waals surface area contributed by atoms with Gasteiger partial charge in [-0.2, -0.15) is 0 Å². The second-order valence-corrected chi connectivity index (χ2v) is 6.82. The third-order valence-electron chi connectivity index (χ3n) is 2.34. The van der Waals surface area contributed by atoms with Gasteiger partial charge in [-0.15, -0.1) is 0 Å². The number of aromatic nitrogens is 1. The first kappa shape index (κ1) is 15.4. The average Bonchev–Trinajstić information content (AvgIpc) is 2.63. The third-order valence-corrected chi connectivity index (χ3v) is 5.41. The van der Waals surface area contributed by atoms with Crippen LogP contribution in [0.5, 0.6) is 0 Å². The Balaban J connectivity index is 2.46. The van der Waals surface area contributed by atoms with Gasteiger partial charge >= 0.3 is 4.87 Å². The molecule has 0 saturated heterocycles. The fraction of sp³-hybridized carbons (Fsp3) is 0.700. The van der Waals surface area contributed by atoms with Crippen molar-refractivity contribution in [3.63, 3.8) is 0 Å². The predicted octanol–water partition coefficient (Wildman–Crippen LogP) is 0.840. The molecule has 2 N–H and O–H groups in total. The second-order valence-electron chi connectivity index (χ2n) is 3.88. The maximum Gasteiger partial charge on any atom is 0.305 e. The van der Waals surface area contributed by atoms with Crippen LogP contribution in [0.15, 0.2) is 9.00 Å². The molecule has 0 fully saturated rings. The van der Waals surface area contributed by atoms with Gasteiger partial charge < -0.3 is 9.72 Å². The van der Waals surface area contributed by atoms with Gasteiger partial charge in [-0.25, -0.2) is 13.1 Å². The Morgan fingerprint density at radius 3 is 2.61 bits per heavy atom. The predicted molar refractivity (Wildman–Crippen MR) is 70.6 cm³/mol. The largest absolute Gasteiger partial charge is 0.385 e. The van der Waals surface area contributed by atoms with Gasteiger partial charge in [-0.3, -0.25) is 4.79 Å². The van der Waals surface area contributed by atoms with E-state index in [-0.39, 0.29) is 9.08 Å². The molecule has 0 radical (unpaired) electrons. The maximum atomic E-state index is 11.9. The van der Waals surface area contributed by atoms with Crippen molar-refractivity contribution in [3.05, 3.63) is 15.4 Å². The van der Waals surface area contributed by atoms with Crippen molar-refractivity contribution >= 4 is 21.4 Å². The van der Waals surface area contributed by atoms with Gasteiger partial charge in [0.2, 0.25) is 0 Å². The normalized spacial score (nSPS) is 11.9. The van der Waals surface area contributed by atoms with E-state index in [1.807, 2.05) is 0 Å². The number of sulfonamides is 1. The molecule has 0 unspecified atom stereocenters. The van der Waals surface area contributed by atoms with E-state index >= 15 is 0 Å². The highest BCUT2D eigenvalue weighted by Crippen LogP contribution is 2.15. The summed E-state index contributed by atoms with van der Waals surface area (Å²) < 4.78 is 31.2. The molecule has 0 amide bonds. The molecule has 0 spiro atoms. The number of hydrogen-bond donors (Lipinski definition) is 2. The van der Waals surface area contributed by atoms with E-state index in [2.05, 4.69) is 9.71 Å². The Hall–Kier alpha value is -0.700. The molecular formula is C10H18N2O4S2. The number of methoxy groups -OCH3 is 1. The smallest absolute Gasteiger partial charge is 0.305 e. The van der Waals surface area contributed by atoms with Crippen molar-refractivity contribution in [2.24, 2.45) is 0 Å². The molecule has 0 saturated carbocycles. The number of thiazole rings is 1. The standard InChI is InChI=1S/C10H18N2O4S2/c1-8-9(17-10(13)12-8)18(14,15)11-6-4-3-5-7-16-2/h11H,3-7H2,1-2H3,(H,12,13). The third kappa shape index (κ3) is 4.52. The van der Waals surface area contributed by atoms with E-state index in [0.717, 1.165) is 19.3 Å². The molecular weight excluding hydrogens is 276 g/mol. The molecule has 8 heteroatoms. The van der Waals surface area contributed by atoms with Gasteiger partial charge in [0.15, 0.2) is 4.21 Å².